The van der Waals surface area contributed by atoms with Crippen LogP contribution in [-0.2, 0) is 20.5 Å². The van der Waals surface area contributed by atoms with Crippen LogP contribution in [0.5, 0.6) is 0 Å². The summed E-state index contributed by atoms with van der Waals surface area (Å²) in [6, 6.07) is 0. The molecule has 2 amide bonds. The standard InChI is InChI=1S/C15H21F3N6O4/c1-10(28-13(19)26)6-22-27-5-4-23-2-3-24(9-12(23)25)14-20-7-11(8-21-14)15(16,17)18/h7-8,10,22H,2-6,9H2,1H3,(H2,19,26). The second-order valence-corrected chi connectivity index (χ2v) is 6.02. The van der Waals surface area contributed by atoms with Crippen molar-refractivity contribution in [2.45, 2.75) is 19.2 Å². The number of piperazine rings is 1. The summed E-state index contributed by atoms with van der Waals surface area (Å²) in [6.45, 7) is 3.08. The molecule has 0 bridgehead atoms. The number of nitrogens with one attached hydrogen (secondary N) is 1. The molecule has 13 heteroatoms. The zero-order chi connectivity index (χ0) is 20.7. The summed E-state index contributed by atoms with van der Waals surface area (Å²) < 4.78 is 42.3. The second kappa shape index (κ2) is 9.50. The fourth-order valence-corrected chi connectivity index (χ4v) is 2.39. The Hall–Kier alpha value is -2.67. The van der Waals surface area contributed by atoms with E-state index in [9.17, 15) is 22.8 Å². The van der Waals surface area contributed by atoms with Crippen LogP contribution in [0.15, 0.2) is 12.4 Å². The van der Waals surface area contributed by atoms with E-state index in [1.165, 1.54) is 4.90 Å². The molecule has 0 spiro atoms. The molecule has 10 nitrogen and oxygen atoms in total. The molecule has 0 aliphatic carbocycles. The summed E-state index contributed by atoms with van der Waals surface area (Å²) >= 11 is 0. The van der Waals surface area contributed by atoms with E-state index < -0.39 is 23.9 Å². The molecule has 1 fully saturated rings. The highest BCUT2D eigenvalue weighted by atomic mass is 19.4. The van der Waals surface area contributed by atoms with Crippen molar-refractivity contribution in [3.63, 3.8) is 0 Å². The molecule has 0 saturated carbocycles. The third kappa shape index (κ3) is 6.49. The molecule has 2 heterocycles. The number of carbonyl (C=O) groups excluding carboxylic acids is 2. The van der Waals surface area contributed by atoms with Gasteiger partial charge in [0.05, 0.1) is 25.3 Å². The number of nitrogens with zero attached hydrogens (tertiary/aromatic N) is 4. The van der Waals surface area contributed by atoms with Crippen molar-refractivity contribution in [2.75, 3.05) is 44.2 Å². The minimum absolute atomic E-state index is 0.0394. The fraction of sp³-hybridized carbons (Fsp3) is 0.600. The van der Waals surface area contributed by atoms with Gasteiger partial charge in [0.2, 0.25) is 11.9 Å². The average Bonchev–Trinajstić information content (AvgIpc) is 2.61. The summed E-state index contributed by atoms with van der Waals surface area (Å²) in [6.07, 6.45) is -4.46. The van der Waals surface area contributed by atoms with Crippen molar-refractivity contribution in [3.8, 4) is 0 Å². The molecule has 3 N–H and O–H groups in total. The summed E-state index contributed by atoms with van der Waals surface area (Å²) in [4.78, 5) is 38.4. The minimum Gasteiger partial charge on any atom is -0.445 e. The van der Waals surface area contributed by atoms with E-state index in [-0.39, 0.29) is 31.6 Å². The molecule has 2 rings (SSSR count). The van der Waals surface area contributed by atoms with Gasteiger partial charge in [-0.25, -0.2) is 14.8 Å². The van der Waals surface area contributed by atoms with Gasteiger partial charge in [-0.1, -0.05) is 0 Å². The average molecular weight is 406 g/mol. The molecule has 1 aromatic rings. The lowest BCUT2D eigenvalue weighted by molar-refractivity contribution is -0.138. The number of aromatic nitrogens is 2. The first-order chi connectivity index (χ1) is 13.2. The Balaban J connectivity index is 1.72. The molecule has 0 radical (unpaired) electrons. The predicted octanol–water partition coefficient (Wildman–Crippen LogP) is 0.149. The van der Waals surface area contributed by atoms with Crippen LogP contribution in [-0.4, -0.2) is 72.3 Å². The van der Waals surface area contributed by atoms with Gasteiger partial charge >= 0.3 is 12.3 Å². The number of alkyl halides is 3. The van der Waals surface area contributed by atoms with Crippen molar-refractivity contribution in [2.24, 2.45) is 5.73 Å². The van der Waals surface area contributed by atoms with Crippen molar-refractivity contribution in [1.29, 1.82) is 0 Å². The number of hydrogen-bond donors (Lipinski definition) is 2. The first-order valence-electron chi connectivity index (χ1n) is 8.39. The lowest BCUT2D eigenvalue weighted by Gasteiger charge is -2.34. The molecule has 1 atom stereocenters. The molecule has 0 aromatic carbocycles. The molecule has 1 aliphatic rings. The van der Waals surface area contributed by atoms with E-state index in [2.05, 4.69) is 15.4 Å². The maximum atomic E-state index is 12.5. The van der Waals surface area contributed by atoms with Crippen LogP contribution in [0.25, 0.3) is 0 Å². The Bertz CT molecular complexity index is 673. The van der Waals surface area contributed by atoms with Crippen LogP contribution in [0.3, 0.4) is 0 Å². The minimum atomic E-state index is -4.51. The van der Waals surface area contributed by atoms with Gasteiger partial charge < -0.3 is 20.3 Å². The number of nitrogens with two attached hydrogens (primary N) is 1. The molecule has 1 saturated heterocycles. The topological polar surface area (TPSA) is 123 Å². The molecular weight excluding hydrogens is 385 g/mol. The van der Waals surface area contributed by atoms with Gasteiger partial charge in [0.1, 0.15) is 6.10 Å². The van der Waals surface area contributed by atoms with Crippen molar-refractivity contribution in [3.05, 3.63) is 18.0 Å². The number of primary amides is 1. The third-order valence-electron chi connectivity index (χ3n) is 3.82. The summed E-state index contributed by atoms with van der Waals surface area (Å²) in [7, 11) is 0. The fourth-order valence-electron chi connectivity index (χ4n) is 2.39. The van der Waals surface area contributed by atoms with Gasteiger partial charge in [-0.2, -0.15) is 18.7 Å². The highest BCUT2D eigenvalue weighted by Gasteiger charge is 2.32. The number of anilines is 1. The van der Waals surface area contributed by atoms with E-state index in [1.807, 2.05) is 0 Å². The van der Waals surface area contributed by atoms with Crippen molar-refractivity contribution >= 4 is 17.9 Å². The van der Waals surface area contributed by atoms with Gasteiger partial charge in [-0.3, -0.25) is 9.63 Å². The smallest absolute Gasteiger partial charge is 0.419 e. The lowest BCUT2D eigenvalue weighted by Crippen LogP contribution is -2.52. The first-order valence-corrected chi connectivity index (χ1v) is 8.39. The molecule has 1 unspecified atom stereocenters. The number of rotatable bonds is 8. The number of halogens is 3. The Labute approximate surface area is 158 Å². The van der Waals surface area contributed by atoms with E-state index >= 15 is 0 Å². The highest BCUT2D eigenvalue weighted by Crippen LogP contribution is 2.28. The molecule has 156 valence electrons. The van der Waals surface area contributed by atoms with Gasteiger partial charge in [0, 0.05) is 32.0 Å². The number of hydroxylamine groups is 1. The first kappa shape index (κ1) is 21.6. The Morgan fingerprint density at radius 2 is 2.04 bits per heavy atom. The van der Waals surface area contributed by atoms with Crippen molar-refractivity contribution in [1.82, 2.24) is 20.3 Å². The highest BCUT2D eigenvalue weighted by molar-refractivity contribution is 5.82. The van der Waals surface area contributed by atoms with Crippen LogP contribution < -0.4 is 16.1 Å². The predicted molar refractivity (Wildman–Crippen MR) is 89.9 cm³/mol. The molecule has 28 heavy (non-hydrogen) atoms. The van der Waals surface area contributed by atoms with Crippen LogP contribution in [0.2, 0.25) is 0 Å². The summed E-state index contributed by atoms with van der Waals surface area (Å²) in [5, 5.41) is 0. The van der Waals surface area contributed by atoms with Crippen LogP contribution in [0.4, 0.5) is 23.9 Å². The molecule has 1 aliphatic heterocycles. The zero-order valence-corrected chi connectivity index (χ0v) is 15.1. The summed E-state index contributed by atoms with van der Waals surface area (Å²) in [5.74, 6) is -0.147. The maximum absolute atomic E-state index is 12.5. The van der Waals surface area contributed by atoms with Crippen LogP contribution >= 0.6 is 0 Å². The number of amides is 2. The quantitative estimate of drug-likeness (QED) is 0.462. The second-order valence-electron chi connectivity index (χ2n) is 6.02. The monoisotopic (exact) mass is 406 g/mol. The zero-order valence-electron chi connectivity index (χ0n) is 15.1. The van der Waals surface area contributed by atoms with E-state index in [0.29, 0.717) is 32.0 Å². The number of carbonyl (C=O) groups is 2. The number of hydrogen-bond acceptors (Lipinski definition) is 8. The number of ether oxygens (including phenoxy) is 1. The SMILES string of the molecule is CC(CNOCCN1CCN(c2ncc(C(F)(F)F)cn2)CC1=O)OC(N)=O. The Morgan fingerprint density at radius 3 is 2.61 bits per heavy atom. The Morgan fingerprint density at radius 1 is 1.36 bits per heavy atom. The summed E-state index contributed by atoms with van der Waals surface area (Å²) in [5.41, 5.74) is 6.54. The Kier molecular flexibility index (Phi) is 7.34. The van der Waals surface area contributed by atoms with Gasteiger partial charge in [-0.05, 0) is 6.92 Å². The van der Waals surface area contributed by atoms with Crippen LogP contribution in [0.1, 0.15) is 12.5 Å². The third-order valence-corrected chi connectivity index (χ3v) is 3.82. The van der Waals surface area contributed by atoms with Gasteiger partial charge in [0.15, 0.2) is 0 Å². The van der Waals surface area contributed by atoms with E-state index in [0.717, 1.165) is 0 Å². The largest absolute Gasteiger partial charge is 0.445 e. The van der Waals surface area contributed by atoms with Crippen LogP contribution in [0, 0.1) is 0 Å². The van der Waals surface area contributed by atoms with E-state index in [1.54, 1.807) is 11.8 Å². The van der Waals surface area contributed by atoms with Gasteiger partial charge in [0.25, 0.3) is 0 Å². The molecule has 1 aromatic heterocycles. The van der Waals surface area contributed by atoms with Gasteiger partial charge in [-0.15, -0.1) is 0 Å². The van der Waals surface area contributed by atoms with E-state index in [4.69, 9.17) is 15.3 Å². The van der Waals surface area contributed by atoms with Crippen molar-refractivity contribution < 1.29 is 32.3 Å². The molecular formula is C15H21F3N6O4. The maximum Gasteiger partial charge on any atom is 0.419 e. The normalized spacial score (nSPS) is 16.2. The lowest BCUT2D eigenvalue weighted by atomic mass is 10.3.